The van der Waals surface area contributed by atoms with Crippen molar-refractivity contribution < 1.29 is 57.6 Å². The molecule has 0 saturated carbocycles. The number of allylic oxidation sites excluding steroid dienone is 3. The molecule has 1 heterocycles. The van der Waals surface area contributed by atoms with Gasteiger partial charge in [0.15, 0.2) is 12.4 Å². The Bertz CT molecular complexity index is 1150. The number of hydrogen-bond acceptors (Lipinski definition) is 12. The van der Waals surface area contributed by atoms with Crippen LogP contribution in [0, 0.1) is 5.92 Å². The van der Waals surface area contributed by atoms with Gasteiger partial charge in [-0.05, 0) is 38.5 Å². The maximum atomic E-state index is 12.7. The highest BCUT2D eigenvalue weighted by molar-refractivity contribution is 7.47. The Morgan fingerprint density at radius 2 is 1.42 bits per heavy atom. The van der Waals surface area contributed by atoms with Crippen LogP contribution in [0.1, 0.15) is 162 Å². The Labute approximate surface area is 343 Å². The number of esters is 2. The second-order valence-electron chi connectivity index (χ2n) is 15.1. The summed E-state index contributed by atoms with van der Waals surface area (Å²) in [5.74, 6) is -1.36. The zero-order valence-electron chi connectivity index (χ0n) is 35.1. The summed E-state index contributed by atoms with van der Waals surface area (Å²) in [7, 11) is -4.45. The van der Waals surface area contributed by atoms with E-state index >= 15 is 0 Å². The third-order valence-electron chi connectivity index (χ3n) is 9.81. The van der Waals surface area contributed by atoms with Gasteiger partial charge in [-0.15, -0.1) is 0 Å². The van der Waals surface area contributed by atoms with Gasteiger partial charge in [-0.1, -0.05) is 140 Å². The van der Waals surface area contributed by atoms with Gasteiger partial charge in [0.05, 0.1) is 31.5 Å². The lowest BCUT2D eigenvalue weighted by Crippen LogP contribution is -2.43. The molecule has 0 spiro atoms. The molecule has 1 rings (SSSR count). The van der Waals surface area contributed by atoms with E-state index in [-0.39, 0.29) is 44.9 Å². The third kappa shape index (κ3) is 29.9. The predicted molar refractivity (Wildman–Crippen MR) is 223 cm³/mol. The van der Waals surface area contributed by atoms with Crippen LogP contribution in [0.4, 0.5) is 0 Å². The molecule has 0 radical (unpaired) electrons. The first-order valence-corrected chi connectivity index (χ1v) is 23.4. The van der Waals surface area contributed by atoms with Crippen molar-refractivity contribution in [1.82, 2.24) is 0 Å². The number of aliphatic hydroxyl groups is 3. The van der Waals surface area contributed by atoms with Gasteiger partial charge in [0.2, 0.25) is 0 Å². The maximum absolute atomic E-state index is 12.7. The lowest BCUT2D eigenvalue weighted by Gasteiger charge is -2.36. The van der Waals surface area contributed by atoms with Crippen LogP contribution in [0.5, 0.6) is 0 Å². The normalized spacial score (nSPS) is 21.0. The van der Waals surface area contributed by atoms with Crippen LogP contribution in [-0.2, 0) is 37.4 Å². The Balaban J connectivity index is 2.44. The molecular formula is C43H78NO12P. The average Bonchev–Trinajstić information content (AvgIpc) is 3.17. The molecule has 7 atom stereocenters. The monoisotopic (exact) mass is 832 g/mol. The summed E-state index contributed by atoms with van der Waals surface area (Å²) in [4.78, 5) is 35.1. The van der Waals surface area contributed by atoms with Gasteiger partial charge in [-0.3, -0.25) is 18.6 Å². The summed E-state index contributed by atoms with van der Waals surface area (Å²) in [6, 6.07) is 0. The van der Waals surface area contributed by atoms with Gasteiger partial charge < -0.3 is 40.2 Å². The molecule has 57 heavy (non-hydrogen) atoms. The Hall–Kier alpha value is -1.93. The minimum atomic E-state index is -4.45. The average molecular weight is 832 g/mol. The summed E-state index contributed by atoms with van der Waals surface area (Å²) in [6.45, 7) is 3.22. The van der Waals surface area contributed by atoms with Crippen LogP contribution in [0.25, 0.3) is 0 Å². The van der Waals surface area contributed by atoms with Gasteiger partial charge in [0.1, 0.15) is 6.61 Å². The Morgan fingerprint density at radius 3 is 2.04 bits per heavy atom. The molecule has 0 aromatic heterocycles. The number of aliphatic hydroxyl groups excluding tert-OH is 3. The minimum absolute atomic E-state index is 0.00873. The molecule has 0 aromatic carbocycles. The molecule has 1 saturated heterocycles. The van der Waals surface area contributed by atoms with E-state index in [2.05, 4.69) is 6.92 Å². The van der Waals surface area contributed by atoms with Crippen molar-refractivity contribution in [2.45, 2.75) is 192 Å². The van der Waals surface area contributed by atoms with Gasteiger partial charge in [-0.25, -0.2) is 4.57 Å². The molecule has 0 aromatic rings. The van der Waals surface area contributed by atoms with Crippen molar-refractivity contribution >= 4 is 19.8 Å². The second kappa shape index (κ2) is 34.9. The van der Waals surface area contributed by atoms with Crippen LogP contribution < -0.4 is 5.73 Å². The van der Waals surface area contributed by atoms with Gasteiger partial charge in [0, 0.05) is 31.7 Å². The number of carbonyl (C=O) groups is 2. The van der Waals surface area contributed by atoms with Crippen molar-refractivity contribution in [3.05, 3.63) is 36.5 Å². The second-order valence-corrected chi connectivity index (χ2v) is 16.5. The van der Waals surface area contributed by atoms with Crippen LogP contribution in [-0.4, -0.2) is 89.2 Å². The fraction of sp³-hybridized carbons (Fsp3) is 0.814. The molecule has 0 aliphatic carbocycles. The van der Waals surface area contributed by atoms with Crippen LogP contribution in [0.3, 0.4) is 0 Å². The summed E-state index contributed by atoms with van der Waals surface area (Å²) in [6.07, 6.45) is 28.1. The zero-order valence-corrected chi connectivity index (χ0v) is 36.0. The largest absolute Gasteiger partial charge is 0.472 e. The van der Waals surface area contributed by atoms with Crippen molar-refractivity contribution in [3.63, 3.8) is 0 Å². The third-order valence-corrected chi connectivity index (χ3v) is 10.8. The number of phosphoric acid groups is 1. The first-order valence-electron chi connectivity index (χ1n) is 21.9. The van der Waals surface area contributed by atoms with Crippen molar-refractivity contribution in [1.29, 1.82) is 0 Å². The van der Waals surface area contributed by atoms with E-state index < -0.39 is 57.1 Å². The van der Waals surface area contributed by atoms with E-state index in [0.717, 1.165) is 25.7 Å². The van der Waals surface area contributed by atoms with Crippen LogP contribution >= 0.6 is 7.82 Å². The maximum Gasteiger partial charge on any atom is 0.472 e. The number of phosphoric ester groups is 1. The number of carbonyl (C=O) groups excluding carboxylic acids is 2. The van der Waals surface area contributed by atoms with Gasteiger partial charge >= 0.3 is 19.8 Å². The highest BCUT2D eigenvalue weighted by Gasteiger charge is 2.35. The summed E-state index contributed by atoms with van der Waals surface area (Å²) < 4.78 is 38.4. The Kier molecular flexibility index (Phi) is 32.5. The van der Waals surface area contributed by atoms with E-state index in [1.165, 1.54) is 70.6 Å². The molecule has 1 aliphatic heterocycles. The number of rotatable bonds is 36. The van der Waals surface area contributed by atoms with E-state index in [4.69, 9.17) is 29.0 Å². The Morgan fingerprint density at radius 1 is 0.807 bits per heavy atom. The zero-order chi connectivity index (χ0) is 42.0. The van der Waals surface area contributed by atoms with E-state index in [0.29, 0.717) is 32.1 Å². The standard InChI is InChI=1S/C43H78NO12P/c1-3-5-7-8-9-10-11-12-13-14-15-16-17-18-23-27-41(47)52-34-37(35-54-57(50,51)53-32-31-44)55-42(48)28-24-20-19-22-26-38-39(46)33-43(49)56-40(38)30-29-36(45)25-21-6-4-2/h6,19,21-22,29-30,36-40,43,45-46,49H,3-5,7-18,20,23-28,31-35,44H2,1-2H3,(H,50,51)/b21-6-,22-19-,30-29+. The number of nitrogens with two attached hydrogens (primary N) is 1. The van der Waals surface area contributed by atoms with E-state index in [1.54, 1.807) is 12.2 Å². The molecular weight excluding hydrogens is 753 g/mol. The SMILES string of the molecule is CC/C=C\CC(O)/C=C/C1OC(O)CC(O)C1C/C=C\CCCC(=O)OC(COC(=O)CCCCCCCCCCCCCCCCC)COP(=O)(O)OCCN. The minimum Gasteiger partial charge on any atom is -0.462 e. The molecule has 0 amide bonds. The molecule has 6 N–H and O–H groups in total. The van der Waals surface area contributed by atoms with Gasteiger partial charge in [-0.2, -0.15) is 0 Å². The number of unbranched alkanes of at least 4 members (excludes halogenated alkanes) is 15. The molecule has 7 unspecified atom stereocenters. The first-order chi connectivity index (χ1) is 27.5. The lowest BCUT2D eigenvalue weighted by molar-refractivity contribution is -0.199. The first kappa shape index (κ1) is 53.1. The van der Waals surface area contributed by atoms with Crippen molar-refractivity contribution in [2.24, 2.45) is 11.7 Å². The highest BCUT2D eigenvalue weighted by Crippen LogP contribution is 2.43. The van der Waals surface area contributed by atoms with Gasteiger partial charge in [0.25, 0.3) is 0 Å². The van der Waals surface area contributed by atoms with Crippen LogP contribution in [0.15, 0.2) is 36.5 Å². The fourth-order valence-electron chi connectivity index (χ4n) is 6.51. The topological polar surface area (TPSA) is 204 Å². The molecule has 1 fully saturated rings. The quantitative estimate of drug-likeness (QED) is 0.0175. The van der Waals surface area contributed by atoms with Crippen LogP contribution in [0.2, 0.25) is 0 Å². The number of ether oxygens (including phenoxy) is 3. The molecule has 332 valence electrons. The smallest absolute Gasteiger partial charge is 0.462 e. The summed E-state index contributed by atoms with van der Waals surface area (Å²) in [5.41, 5.74) is 5.34. The summed E-state index contributed by atoms with van der Waals surface area (Å²) >= 11 is 0. The van der Waals surface area contributed by atoms with E-state index in [9.17, 15) is 34.4 Å². The fourth-order valence-corrected chi connectivity index (χ4v) is 7.28. The van der Waals surface area contributed by atoms with Crippen molar-refractivity contribution in [3.8, 4) is 0 Å². The van der Waals surface area contributed by atoms with Crippen molar-refractivity contribution in [2.75, 3.05) is 26.4 Å². The summed E-state index contributed by atoms with van der Waals surface area (Å²) in [5, 5.41) is 30.9. The number of hydrogen-bond donors (Lipinski definition) is 5. The molecule has 14 heteroatoms. The van der Waals surface area contributed by atoms with E-state index in [1.807, 2.05) is 31.2 Å². The molecule has 13 nitrogen and oxygen atoms in total. The highest BCUT2D eigenvalue weighted by atomic mass is 31.2. The molecule has 1 aliphatic rings. The lowest BCUT2D eigenvalue weighted by atomic mass is 9.87. The molecule has 0 bridgehead atoms. The predicted octanol–water partition coefficient (Wildman–Crippen LogP) is 8.27.